The first-order valence-electron chi connectivity index (χ1n) is 21.7. The standard InChI is InChI=1S/C48H54ClF3N6O5S3/c1-55(2)40-23-26-56(27-24-40)25-22-39(34-64-42-9-4-3-5-10-42)53-45-21-20-43(32-46(45)65(60,61)48(50,51)52)66(62,63)54-47(59)36-14-18-41(19-15-36)58-30-28-57(29-31-58)33-37-8-6-7-11-44(37)35-12-16-38(49)17-13-35/h3-21,32,39-40,53H,22-31,33-34H2,1-2H3,(H,54,59)/t39-/m1/s1. The molecule has 2 heterocycles. The number of alkyl halides is 3. The van der Waals surface area contributed by atoms with Crippen LogP contribution in [-0.2, 0) is 26.4 Å². The molecule has 0 bridgehead atoms. The first-order valence-corrected chi connectivity index (χ1v) is 26.1. The van der Waals surface area contributed by atoms with Crippen LogP contribution >= 0.6 is 23.4 Å². The highest BCUT2D eigenvalue weighted by Gasteiger charge is 2.48. The van der Waals surface area contributed by atoms with Gasteiger partial charge in [0.15, 0.2) is 0 Å². The Morgan fingerprint density at radius 2 is 1.45 bits per heavy atom. The number of likely N-dealkylation sites (tertiary alicyclic amines) is 1. The molecule has 7 rings (SSSR count). The lowest BCUT2D eigenvalue weighted by molar-refractivity contribution is -0.0435. The Kier molecular flexibility index (Phi) is 16.1. The number of hydrogen-bond donors (Lipinski definition) is 2. The van der Waals surface area contributed by atoms with Gasteiger partial charge in [-0.15, -0.1) is 11.8 Å². The molecule has 0 unspecified atom stereocenters. The van der Waals surface area contributed by atoms with Crippen LogP contribution in [0.4, 0.5) is 24.5 Å². The van der Waals surface area contributed by atoms with Crippen molar-refractivity contribution in [2.45, 2.75) is 58.1 Å². The monoisotopic (exact) mass is 982 g/mol. The molecule has 2 N–H and O–H groups in total. The SMILES string of the molecule is CN(C)C1CCN(CC[C@H](CSc2ccccc2)Nc2ccc(S(=O)(=O)NC(=O)c3ccc(N4CCN(Cc5ccccc5-c5ccc(Cl)cc5)CC4)cc3)cc2S(=O)(=O)C(F)(F)F)CC1. The van der Waals surface area contributed by atoms with Crippen LogP contribution in [0.1, 0.15) is 35.2 Å². The maximum absolute atomic E-state index is 14.2. The van der Waals surface area contributed by atoms with E-state index in [2.05, 4.69) is 37.0 Å². The molecule has 5 aromatic rings. The number of carbonyl (C=O) groups is 1. The number of rotatable bonds is 17. The number of halogens is 4. The summed E-state index contributed by atoms with van der Waals surface area (Å²) in [5, 5.41) is 3.71. The van der Waals surface area contributed by atoms with Crippen molar-refractivity contribution in [2.24, 2.45) is 0 Å². The number of sulfonamides is 1. The normalized spacial score (nSPS) is 16.3. The number of piperidine rings is 1. The maximum Gasteiger partial charge on any atom is 0.501 e. The number of thioether (sulfide) groups is 1. The first kappa shape index (κ1) is 49.3. The summed E-state index contributed by atoms with van der Waals surface area (Å²) in [5.41, 5.74) is -1.88. The molecule has 1 atom stereocenters. The van der Waals surface area contributed by atoms with E-state index in [0.717, 1.165) is 79.4 Å². The Morgan fingerprint density at radius 3 is 2.11 bits per heavy atom. The Labute approximate surface area is 395 Å². The summed E-state index contributed by atoms with van der Waals surface area (Å²) >= 11 is 7.59. The van der Waals surface area contributed by atoms with Gasteiger partial charge in [0.1, 0.15) is 4.90 Å². The van der Waals surface area contributed by atoms with Crippen molar-refractivity contribution in [1.82, 2.24) is 19.4 Å². The lowest BCUT2D eigenvalue weighted by atomic mass is 9.99. The first-order chi connectivity index (χ1) is 31.5. The van der Waals surface area contributed by atoms with Gasteiger partial charge in [-0.2, -0.15) is 13.2 Å². The predicted molar refractivity (Wildman–Crippen MR) is 257 cm³/mol. The van der Waals surface area contributed by atoms with E-state index >= 15 is 0 Å². The highest BCUT2D eigenvalue weighted by atomic mass is 35.5. The zero-order chi connectivity index (χ0) is 47.1. The van der Waals surface area contributed by atoms with Crippen molar-refractivity contribution >= 4 is 60.5 Å². The molecule has 0 aromatic heterocycles. The molecule has 2 aliphatic heterocycles. The Bertz CT molecular complexity index is 2650. The van der Waals surface area contributed by atoms with Crippen LogP contribution in [0.25, 0.3) is 11.1 Å². The van der Waals surface area contributed by atoms with Gasteiger partial charge in [0.25, 0.3) is 25.8 Å². The van der Waals surface area contributed by atoms with Gasteiger partial charge in [0.05, 0.1) is 10.6 Å². The summed E-state index contributed by atoms with van der Waals surface area (Å²) in [6.45, 7) is 6.04. The number of piperazine rings is 1. The predicted octanol–water partition coefficient (Wildman–Crippen LogP) is 8.73. The molecular weight excluding hydrogens is 929 g/mol. The van der Waals surface area contributed by atoms with Gasteiger partial charge < -0.3 is 20.0 Å². The minimum atomic E-state index is -6.06. The summed E-state index contributed by atoms with van der Waals surface area (Å²) in [7, 11) is -6.80. The van der Waals surface area contributed by atoms with Gasteiger partial charge in [-0.25, -0.2) is 21.6 Å². The van der Waals surface area contributed by atoms with Crippen molar-refractivity contribution < 1.29 is 34.8 Å². The van der Waals surface area contributed by atoms with E-state index in [1.165, 1.54) is 29.5 Å². The molecule has 2 fully saturated rings. The van der Waals surface area contributed by atoms with E-state index in [-0.39, 0.29) is 11.3 Å². The number of carbonyl (C=O) groups excluding carboxylic acids is 1. The number of nitrogens with zero attached hydrogens (tertiary/aromatic N) is 4. The third-order valence-corrected chi connectivity index (χ3v) is 16.4. The van der Waals surface area contributed by atoms with E-state index in [0.29, 0.717) is 48.9 Å². The molecule has 2 aliphatic rings. The summed E-state index contributed by atoms with van der Waals surface area (Å²) in [4.78, 5) is 21.2. The third-order valence-electron chi connectivity index (χ3n) is 12.2. The van der Waals surface area contributed by atoms with Crippen molar-refractivity contribution in [1.29, 1.82) is 0 Å². The zero-order valence-electron chi connectivity index (χ0n) is 36.8. The topological polar surface area (TPSA) is 122 Å². The smallest absolute Gasteiger partial charge is 0.380 e. The number of sulfone groups is 1. The number of nitrogens with one attached hydrogen (secondary N) is 2. The average molecular weight is 984 g/mol. The van der Waals surface area contributed by atoms with Gasteiger partial charge in [-0.3, -0.25) is 9.69 Å². The fourth-order valence-electron chi connectivity index (χ4n) is 8.30. The third kappa shape index (κ3) is 12.5. The Balaban J connectivity index is 1.01. The van der Waals surface area contributed by atoms with Gasteiger partial charge in [-0.05, 0) is 130 Å². The molecule has 0 aliphatic carbocycles. The molecule has 0 saturated carbocycles. The van der Waals surface area contributed by atoms with E-state index in [1.54, 1.807) is 12.1 Å². The second kappa shape index (κ2) is 21.6. The molecule has 5 aromatic carbocycles. The summed E-state index contributed by atoms with van der Waals surface area (Å²) < 4.78 is 98.1. The number of hydrogen-bond acceptors (Lipinski definition) is 11. The molecule has 11 nitrogen and oxygen atoms in total. The summed E-state index contributed by atoms with van der Waals surface area (Å²) in [6.07, 6.45) is 2.42. The highest BCUT2D eigenvalue weighted by Crippen LogP contribution is 2.37. The van der Waals surface area contributed by atoms with Gasteiger partial charge in [0.2, 0.25) is 0 Å². The fraction of sp³-hybridized carbons (Fsp3) is 0.354. The largest absolute Gasteiger partial charge is 0.501 e. The van der Waals surface area contributed by atoms with Crippen LogP contribution in [0.15, 0.2) is 136 Å². The zero-order valence-corrected chi connectivity index (χ0v) is 40.0. The van der Waals surface area contributed by atoms with E-state index < -0.39 is 47.1 Å². The minimum absolute atomic E-state index is 0.00844. The van der Waals surface area contributed by atoms with Gasteiger partial charge in [0, 0.05) is 78.3 Å². The summed E-state index contributed by atoms with van der Waals surface area (Å²) in [5.74, 6) is -0.643. The van der Waals surface area contributed by atoms with Gasteiger partial charge >= 0.3 is 5.51 Å². The number of benzene rings is 5. The Morgan fingerprint density at radius 1 is 0.803 bits per heavy atom. The molecule has 2 saturated heterocycles. The van der Waals surface area contributed by atoms with Crippen LogP contribution in [-0.4, -0.2) is 121 Å². The lowest BCUT2D eigenvalue weighted by Gasteiger charge is -2.36. The number of anilines is 2. The van der Waals surface area contributed by atoms with Gasteiger partial charge in [-0.1, -0.05) is 66.2 Å². The van der Waals surface area contributed by atoms with E-state index in [4.69, 9.17) is 11.6 Å². The lowest BCUT2D eigenvalue weighted by Crippen LogP contribution is -2.46. The fourth-order valence-corrected chi connectivity index (χ4v) is 11.4. The van der Waals surface area contributed by atoms with E-state index in [1.807, 2.05) is 85.5 Å². The van der Waals surface area contributed by atoms with Crippen LogP contribution in [0.2, 0.25) is 5.02 Å². The minimum Gasteiger partial charge on any atom is -0.380 e. The molecule has 18 heteroatoms. The van der Waals surface area contributed by atoms with Crippen molar-refractivity contribution in [3.63, 3.8) is 0 Å². The van der Waals surface area contributed by atoms with Crippen LogP contribution in [0.3, 0.4) is 0 Å². The second-order valence-electron chi connectivity index (χ2n) is 16.8. The molecular formula is C48H54ClF3N6O5S3. The molecule has 0 radical (unpaired) electrons. The highest BCUT2D eigenvalue weighted by molar-refractivity contribution is 7.99. The number of amides is 1. The van der Waals surface area contributed by atoms with Crippen molar-refractivity contribution in [3.8, 4) is 11.1 Å². The molecule has 66 heavy (non-hydrogen) atoms. The van der Waals surface area contributed by atoms with Crippen LogP contribution in [0.5, 0.6) is 0 Å². The molecule has 1 amide bonds. The average Bonchev–Trinajstić information content (AvgIpc) is 3.30. The maximum atomic E-state index is 14.2. The second-order valence-corrected chi connectivity index (χ2v) is 21.9. The van der Waals surface area contributed by atoms with Crippen LogP contribution < -0.4 is 14.9 Å². The summed E-state index contributed by atoms with van der Waals surface area (Å²) in [6, 6.07) is 34.3. The molecule has 0 spiro atoms. The Hall–Kier alpha value is -4.62. The quantitative estimate of drug-likeness (QED) is 0.0871. The molecule has 352 valence electrons. The van der Waals surface area contributed by atoms with Crippen LogP contribution in [0, 0.1) is 0 Å². The van der Waals surface area contributed by atoms with E-state index in [9.17, 15) is 34.8 Å². The van der Waals surface area contributed by atoms with Crippen molar-refractivity contribution in [2.75, 3.05) is 75.9 Å². The van der Waals surface area contributed by atoms with Crippen molar-refractivity contribution in [3.05, 3.63) is 137 Å².